The zero-order valence-corrected chi connectivity index (χ0v) is 10.3. The molecule has 1 aliphatic rings. The van der Waals surface area contributed by atoms with Gasteiger partial charge in [0.1, 0.15) is 5.76 Å². The molecule has 0 unspecified atom stereocenters. The molecule has 0 bridgehead atoms. The van der Waals surface area contributed by atoms with Crippen LogP contribution in [0, 0.1) is 0 Å². The second kappa shape index (κ2) is 5.36. The first-order valence-electron chi connectivity index (χ1n) is 6.30. The number of nitrogens with two attached hydrogens (primary N) is 1. The highest BCUT2D eigenvalue weighted by atomic mass is 16.3. The number of furan rings is 1. The number of nitrogens with zero attached hydrogens (tertiary/aromatic N) is 1. The monoisotopic (exact) mass is 236 g/mol. The van der Waals surface area contributed by atoms with E-state index in [4.69, 9.17) is 10.2 Å². The molecule has 1 atom stereocenters. The van der Waals surface area contributed by atoms with Crippen LogP contribution in [-0.4, -0.2) is 22.9 Å². The Morgan fingerprint density at radius 1 is 1.65 bits per heavy atom. The van der Waals surface area contributed by atoms with Gasteiger partial charge in [-0.25, -0.2) is 0 Å². The summed E-state index contributed by atoms with van der Waals surface area (Å²) in [6, 6.07) is 3.75. The minimum Gasteiger partial charge on any atom is -0.467 e. The van der Waals surface area contributed by atoms with Crippen molar-refractivity contribution in [2.45, 2.75) is 51.2 Å². The standard InChI is InChI=1S/C13H20N2O2/c1-2-4-12(14)13(16)15(10-6-7-10)9-11-5-3-8-17-11/h3,5,8,10,12H,2,4,6-7,9,14H2,1H3/t12-/m0/s1. The van der Waals surface area contributed by atoms with Crippen LogP contribution in [0.1, 0.15) is 38.4 Å². The van der Waals surface area contributed by atoms with E-state index in [-0.39, 0.29) is 11.9 Å². The largest absolute Gasteiger partial charge is 0.467 e. The van der Waals surface area contributed by atoms with Gasteiger partial charge < -0.3 is 15.1 Å². The van der Waals surface area contributed by atoms with Gasteiger partial charge in [-0.1, -0.05) is 13.3 Å². The molecule has 0 aliphatic heterocycles. The summed E-state index contributed by atoms with van der Waals surface area (Å²) in [6.45, 7) is 2.59. The molecule has 4 nitrogen and oxygen atoms in total. The van der Waals surface area contributed by atoms with Crippen LogP contribution in [0.5, 0.6) is 0 Å². The number of rotatable bonds is 6. The van der Waals surface area contributed by atoms with Crippen LogP contribution >= 0.6 is 0 Å². The van der Waals surface area contributed by atoms with Gasteiger partial charge in [0.05, 0.1) is 18.8 Å². The Labute approximate surface area is 102 Å². The molecule has 1 amide bonds. The second-order valence-corrected chi connectivity index (χ2v) is 4.67. The second-order valence-electron chi connectivity index (χ2n) is 4.67. The fourth-order valence-electron chi connectivity index (χ4n) is 1.99. The minimum absolute atomic E-state index is 0.0609. The van der Waals surface area contributed by atoms with Crippen molar-refractivity contribution in [2.24, 2.45) is 5.73 Å². The number of hydrogen-bond donors (Lipinski definition) is 1. The summed E-state index contributed by atoms with van der Waals surface area (Å²) < 4.78 is 5.30. The fourth-order valence-corrected chi connectivity index (χ4v) is 1.99. The topological polar surface area (TPSA) is 59.5 Å². The Morgan fingerprint density at radius 3 is 2.94 bits per heavy atom. The van der Waals surface area contributed by atoms with Crippen LogP contribution in [0.3, 0.4) is 0 Å². The van der Waals surface area contributed by atoms with Gasteiger partial charge in [0.25, 0.3) is 0 Å². The Balaban J connectivity index is 1.99. The molecule has 1 aliphatic carbocycles. The molecule has 0 radical (unpaired) electrons. The van der Waals surface area contributed by atoms with Crippen LogP contribution in [0.2, 0.25) is 0 Å². The molecule has 2 N–H and O–H groups in total. The Morgan fingerprint density at radius 2 is 2.41 bits per heavy atom. The lowest BCUT2D eigenvalue weighted by Gasteiger charge is -2.24. The average Bonchev–Trinajstić information content (AvgIpc) is 3.03. The van der Waals surface area contributed by atoms with E-state index < -0.39 is 0 Å². The van der Waals surface area contributed by atoms with Crippen molar-refractivity contribution in [1.82, 2.24) is 4.90 Å². The molecule has 17 heavy (non-hydrogen) atoms. The van der Waals surface area contributed by atoms with Gasteiger partial charge in [-0.2, -0.15) is 0 Å². The van der Waals surface area contributed by atoms with E-state index >= 15 is 0 Å². The molecule has 2 rings (SSSR count). The molecular weight excluding hydrogens is 216 g/mol. The highest BCUT2D eigenvalue weighted by molar-refractivity contribution is 5.82. The lowest BCUT2D eigenvalue weighted by molar-refractivity contribution is -0.134. The van der Waals surface area contributed by atoms with Crippen LogP contribution in [0.25, 0.3) is 0 Å². The third-order valence-corrected chi connectivity index (χ3v) is 3.09. The van der Waals surface area contributed by atoms with Crippen molar-refractivity contribution in [3.8, 4) is 0 Å². The zero-order chi connectivity index (χ0) is 12.3. The Kier molecular flexibility index (Phi) is 3.84. The van der Waals surface area contributed by atoms with Gasteiger partial charge in [-0.05, 0) is 31.4 Å². The SMILES string of the molecule is CCC[C@H](N)C(=O)N(Cc1ccco1)C1CC1. The van der Waals surface area contributed by atoms with Gasteiger partial charge in [0.2, 0.25) is 5.91 Å². The summed E-state index contributed by atoms with van der Waals surface area (Å²) >= 11 is 0. The highest BCUT2D eigenvalue weighted by Crippen LogP contribution is 2.29. The van der Waals surface area contributed by atoms with Crippen molar-refractivity contribution in [3.05, 3.63) is 24.2 Å². The third-order valence-electron chi connectivity index (χ3n) is 3.09. The first kappa shape index (κ1) is 12.2. The van der Waals surface area contributed by atoms with Crippen molar-refractivity contribution in [1.29, 1.82) is 0 Å². The quantitative estimate of drug-likeness (QED) is 0.820. The fraction of sp³-hybridized carbons (Fsp3) is 0.615. The van der Waals surface area contributed by atoms with E-state index in [0.717, 1.165) is 31.4 Å². The zero-order valence-electron chi connectivity index (χ0n) is 10.3. The molecule has 1 heterocycles. The maximum absolute atomic E-state index is 12.2. The molecule has 0 aromatic carbocycles. The van der Waals surface area contributed by atoms with Crippen LogP contribution in [0.15, 0.2) is 22.8 Å². The summed E-state index contributed by atoms with van der Waals surface area (Å²) in [6.07, 6.45) is 5.50. The van der Waals surface area contributed by atoms with E-state index in [2.05, 4.69) is 0 Å². The molecule has 1 aromatic rings. The summed E-state index contributed by atoms with van der Waals surface area (Å²) in [5.41, 5.74) is 5.90. The Bertz CT molecular complexity index is 358. The van der Waals surface area contributed by atoms with Crippen molar-refractivity contribution in [2.75, 3.05) is 0 Å². The molecule has 0 saturated heterocycles. The molecule has 0 spiro atoms. The van der Waals surface area contributed by atoms with Crippen molar-refractivity contribution < 1.29 is 9.21 Å². The molecule has 1 fully saturated rings. The van der Waals surface area contributed by atoms with Crippen molar-refractivity contribution in [3.63, 3.8) is 0 Å². The van der Waals surface area contributed by atoms with E-state index in [1.165, 1.54) is 0 Å². The summed E-state index contributed by atoms with van der Waals surface area (Å²) in [5.74, 6) is 0.889. The number of hydrogen-bond acceptors (Lipinski definition) is 3. The summed E-state index contributed by atoms with van der Waals surface area (Å²) in [7, 11) is 0. The molecule has 1 aromatic heterocycles. The maximum atomic E-state index is 12.2. The van der Waals surface area contributed by atoms with E-state index in [1.807, 2.05) is 24.0 Å². The molecular formula is C13H20N2O2. The summed E-state index contributed by atoms with van der Waals surface area (Å²) in [4.78, 5) is 14.1. The van der Waals surface area contributed by atoms with Crippen LogP contribution in [-0.2, 0) is 11.3 Å². The average molecular weight is 236 g/mol. The van der Waals surface area contributed by atoms with Gasteiger partial charge in [-0.15, -0.1) is 0 Å². The maximum Gasteiger partial charge on any atom is 0.240 e. The number of carbonyl (C=O) groups excluding carboxylic acids is 1. The third kappa shape index (κ3) is 3.09. The lowest BCUT2D eigenvalue weighted by Crippen LogP contribution is -2.44. The highest BCUT2D eigenvalue weighted by Gasteiger charge is 2.34. The Hall–Kier alpha value is -1.29. The molecule has 1 saturated carbocycles. The van der Waals surface area contributed by atoms with Gasteiger partial charge in [0, 0.05) is 6.04 Å². The van der Waals surface area contributed by atoms with Crippen LogP contribution in [0.4, 0.5) is 0 Å². The smallest absolute Gasteiger partial charge is 0.240 e. The number of carbonyl (C=O) groups is 1. The minimum atomic E-state index is -0.365. The lowest BCUT2D eigenvalue weighted by atomic mass is 10.1. The van der Waals surface area contributed by atoms with Gasteiger partial charge in [-0.3, -0.25) is 4.79 Å². The summed E-state index contributed by atoms with van der Waals surface area (Å²) in [5, 5.41) is 0. The molecule has 94 valence electrons. The predicted octanol–water partition coefficient (Wildman–Crippen LogP) is 1.90. The first-order valence-corrected chi connectivity index (χ1v) is 6.30. The van der Waals surface area contributed by atoms with E-state index in [9.17, 15) is 4.79 Å². The first-order chi connectivity index (χ1) is 8.22. The van der Waals surface area contributed by atoms with Gasteiger partial charge >= 0.3 is 0 Å². The predicted molar refractivity (Wildman–Crippen MR) is 65.2 cm³/mol. The van der Waals surface area contributed by atoms with Crippen LogP contribution < -0.4 is 5.73 Å². The van der Waals surface area contributed by atoms with E-state index in [1.54, 1.807) is 6.26 Å². The van der Waals surface area contributed by atoms with Gasteiger partial charge in [0.15, 0.2) is 0 Å². The molecule has 4 heteroatoms. The van der Waals surface area contributed by atoms with E-state index in [0.29, 0.717) is 12.6 Å². The normalized spacial score (nSPS) is 16.8. The van der Waals surface area contributed by atoms with Crippen molar-refractivity contribution >= 4 is 5.91 Å². The number of amides is 1.